The van der Waals surface area contributed by atoms with Crippen molar-refractivity contribution in [2.45, 2.75) is 104 Å². The fourth-order valence-electron chi connectivity index (χ4n) is 5.10. The molecule has 0 bridgehead atoms. The quantitative estimate of drug-likeness (QED) is 0.0682. The summed E-state index contributed by atoms with van der Waals surface area (Å²) in [5.41, 5.74) is 2.07. The third kappa shape index (κ3) is 6.80. The van der Waals surface area contributed by atoms with E-state index in [0.29, 0.717) is 28.2 Å². The molecule has 4 atom stereocenters. The van der Waals surface area contributed by atoms with Crippen molar-refractivity contribution in [3.63, 3.8) is 0 Å². The molecule has 1 aliphatic heterocycles. The average molecular weight is 715 g/mol. The Morgan fingerprint density at radius 3 is 2.61 bits per heavy atom. The van der Waals surface area contributed by atoms with Gasteiger partial charge in [0.25, 0.3) is 5.69 Å². The summed E-state index contributed by atoms with van der Waals surface area (Å²) in [7, 11) is -2.01. The van der Waals surface area contributed by atoms with E-state index in [1.165, 1.54) is 6.33 Å². The van der Waals surface area contributed by atoms with Gasteiger partial charge in [0.2, 0.25) is 0 Å². The van der Waals surface area contributed by atoms with Crippen LogP contribution in [0.1, 0.15) is 77.8 Å². The van der Waals surface area contributed by atoms with Gasteiger partial charge in [0, 0.05) is 27.8 Å². The first-order valence-corrected chi connectivity index (χ1v) is 18.4. The van der Waals surface area contributed by atoms with Crippen LogP contribution in [0.15, 0.2) is 30.7 Å². The maximum Gasteiger partial charge on any atom is 0.276 e. The molecular weight excluding hydrogens is 675 g/mol. The molecule has 0 N–H and O–H groups in total. The minimum Gasteiger partial charge on any atom is -0.411 e. The summed E-state index contributed by atoms with van der Waals surface area (Å²) < 4.78 is 22.6. The van der Waals surface area contributed by atoms with Crippen LogP contribution < -0.4 is 0 Å². The molecule has 0 radical (unpaired) electrons. The molecule has 41 heavy (non-hydrogen) atoms. The largest absolute Gasteiger partial charge is 0.411 e. The number of fused-ring (bicyclic) bond motifs is 1. The Balaban J connectivity index is 1.65. The Labute approximate surface area is 261 Å². The molecule has 3 aromatic rings. The van der Waals surface area contributed by atoms with Crippen molar-refractivity contribution < 1.29 is 18.8 Å². The Kier molecular flexibility index (Phi) is 9.86. The van der Waals surface area contributed by atoms with Gasteiger partial charge in [-0.1, -0.05) is 53.1 Å². The van der Waals surface area contributed by atoms with Gasteiger partial charge in [-0.25, -0.2) is 9.97 Å². The van der Waals surface area contributed by atoms with E-state index < -0.39 is 14.4 Å². The predicted molar refractivity (Wildman–Crippen MR) is 172 cm³/mol. The number of nitro groups is 1. The molecule has 1 aromatic carbocycles. The highest BCUT2D eigenvalue weighted by Gasteiger charge is 2.45. The lowest BCUT2D eigenvalue weighted by Gasteiger charge is -2.39. The molecule has 9 nitrogen and oxygen atoms in total. The van der Waals surface area contributed by atoms with Gasteiger partial charge < -0.3 is 18.5 Å². The number of nitro benzene ring substituents is 1. The minimum absolute atomic E-state index is 0.00875. The van der Waals surface area contributed by atoms with Crippen molar-refractivity contribution in [3.05, 3.63) is 60.7 Å². The minimum atomic E-state index is -2.01. The lowest BCUT2D eigenvalue weighted by Crippen LogP contribution is -2.45. The molecule has 2 aromatic heterocycles. The molecule has 1 saturated heterocycles. The second kappa shape index (κ2) is 12.5. The number of hydrogen-bond acceptors (Lipinski definition) is 7. The van der Waals surface area contributed by atoms with E-state index in [0.717, 1.165) is 15.6 Å². The molecule has 4 rings (SSSR count). The van der Waals surface area contributed by atoms with Crippen LogP contribution in [0.5, 0.6) is 0 Å². The lowest BCUT2D eigenvalue weighted by molar-refractivity contribution is -0.386. The van der Waals surface area contributed by atoms with Crippen molar-refractivity contribution in [2.75, 3.05) is 0 Å². The fourth-order valence-corrected chi connectivity index (χ4v) is 7.18. The number of benzene rings is 1. The van der Waals surface area contributed by atoms with E-state index in [1.807, 2.05) is 30.7 Å². The van der Waals surface area contributed by atoms with Crippen molar-refractivity contribution >= 4 is 59.2 Å². The van der Waals surface area contributed by atoms with Gasteiger partial charge in [0.05, 0.1) is 40.8 Å². The second-order valence-corrected chi connectivity index (χ2v) is 18.9. The zero-order chi connectivity index (χ0) is 30.3. The summed E-state index contributed by atoms with van der Waals surface area (Å²) in [5.74, 6) is -0.00875. The Morgan fingerprint density at radius 1 is 1.29 bits per heavy atom. The maximum absolute atomic E-state index is 11.9. The molecule has 1 aliphatic rings. The fraction of sp³-hybridized carbons (Fsp3) is 0.586. The number of rotatable bonds is 10. The Morgan fingerprint density at radius 2 is 2.00 bits per heavy atom. The van der Waals surface area contributed by atoms with Gasteiger partial charge in [-0.15, -0.1) is 0 Å². The molecule has 0 spiro atoms. The molecule has 224 valence electrons. The van der Waals surface area contributed by atoms with Gasteiger partial charge in [-0.3, -0.25) is 10.1 Å². The Bertz CT molecular complexity index is 1410. The van der Waals surface area contributed by atoms with Crippen LogP contribution >= 0.6 is 34.2 Å². The first-order valence-electron chi connectivity index (χ1n) is 14.0. The highest BCUT2D eigenvalue weighted by molar-refractivity contribution is 14.1. The lowest BCUT2D eigenvalue weighted by atomic mass is 9.97. The summed E-state index contributed by atoms with van der Waals surface area (Å²) in [6.07, 6.45) is 4.12. The van der Waals surface area contributed by atoms with Crippen LogP contribution in [0.3, 0.4) is 0 Å². The van der Waals surface area contributed by atoms with E-state index in [9.17, 15) is 10.1 Å². The van der Waals surface area contributed by atoms with E-state index in [-0.39, 0.29) is 46.6 Å². The monoisotopic (exact) mass is 714 g/mol. The average Bonchev–Trinajstić information content (AvgIpc) is 3.45. The van der Waals surface area contributed by atoms with Gasteiger partial charge >= 0.3 is 0 Å². The highest BCUT2D eigenvalue weighted by Crippen LogP contribution is 2.43. The first-order chi connectivity index (χ1) is 19.1. The standard InChI is InChI=1S/C29H40ClIN4O5Si/c1-9-22-23(40-41(7,8)29(4,5)6)13-24(39-22)34-14-18(25-27(30)32-16-33-28(25)34)15-38-26(17(2)3)20-11-10-19(31)12-21(20)35(36)37/h10-12,14,16-17,22-24,26H,9,13,15H2,1-8H3/t22-,23-,24-,26-/m1/s1. The summed E-state index contributed by atoms with van der Waals surface area (Å²) >= 11 is 8.70. The summed E-state index contributed by atoms with van der Waals surface area (Å²) in [6.45, 7) is 17.5. The van der Waals surface area contributed by atoms with Gasteiger partial charge in [0.15, 0.2) is 8.32 Å². The van der Waals surface area contributed by atoms with Crippen molar-refractivity contribution in [1.29, 1.82) is 0 Å². The van der Waals surface area contributed by atoms with Crippen LogP contribution in [0, 0.1) is 19.6 Å². The number of aromatic nitrogens is 3. The molecule has 3 heterocycles. The number of hydrogen-bond donors (Lipinski definition) is 0. The van der Waals surface area contributed by atoms with Crippen molar-refractivity contribution in [3.8, 4) is 0 Å². The summed E-state index contributed by atoms with van der Waals surface area (Å²) in [6, 6.07) is 5.22. The van der Waals surface area contributed by atoms with Crippen LogP contribution in [0.2, 0.25) is 23.3 Å². The second-order valence-electron chi connectivity index (χ2n) is 12.6. The van der Waals surface area contributed by atoms with Gasteiger partial charge in [0.1, 0.15) is 23.4 Å². The normalized spacial score (nSPS) is 20.7. The molecule has 0 saturated carbocycles. The van der Waals surface area contributed by atoms with Crippen LogP contribution in [-0.2, 0) is 20.5 Å². The van der Waals surface area contributed by atoms with E-state index in [1.54, 1.807) is 12.1 Å². The zero-order valence-corrected chi connectivity index (χ0v) is 28.9. The molecule has 0 aliphatic carbocycles. The van der Waals surface area contributed by atoms with E-state index >= 15 is 0 Å². The Hall–Kier alpha value is -1.64. The van der Waals surface area contributed by atoms with E-state index in [4.69, 9.17) is 25.5 Å². The third-order valence-electron chi connectivity index (χ3n) is 8.31. The molecule has 0 unspecified atom stereocenters. The molecule has 0 amide bonds. The topological polar surface area (TPSA) is 102 Å². The van der Waals surface area contributed by atoms with Crippen LogP contribution in [-0.4, -0.2) is 40.0 Å². The number of ether oxygens (including phenoxy) is 2. The predicted octanol–water partition coefficient (Wildman–Crippen LogP) is 8.60. The van der Waals surface area contributed by atoms with Crippen LogP contribution in [0.4, 0.5) is 5.69 Å². The SMILES string of the molecule is CC[C@H]1O[C@@H](n2cc(CO[C@@H](c3ccc(I)cc3[N+](=O)[O-])C(C)C)c3c(Cl)ncnc32)C[C@H]1O[Si](C)(C)C(C)(C)C. The summed E-state index contributed by atoms with van der Waals surface area (Å²) in [5, 5.41) is 13.0. The highest BCUT2D eigenvalue weighted by atomic mass is 127. The molecule has 1 fully saturated rings. The number of halogens is 2. The van der Waals surface area contributed by atoms with Gasteiger partial charge in [-0.2, -0.15) is 0 Å². The third-order valence-corrected chi connectivity index (χ3v) is 13.8. The maximum atomic E-state index is 11.9. The number of nitrogens with zero attached hydrogens (tertiary/aromatic N) is 4. The molecular formula is C29H40ClIN4O5Si. The first kappa shape index (κ1) is 32.3. The van der Waals surface area contributed by atoms with Gasteiger partial charge in [-0.05, 0) is 65.2 Å². The summed E-state index contributed by atoms with van der Waals surface area (Å²) in [4.78, 5) is 20.3. The van der Waals surface area contributed by atoms with E-state index in [2.05, 4.69) is 73.3 Å². The van der Waals surface area contributed by atoms with Crippen LogP contribution in [0.25, 0.3) is 11.0 Å². The van der Waals surface area contributed by atoms with Crippen molar-refractivity contribution in [1.82, 2.24) is 14.5 Å². The molecule has 12 heteroatoms. The smallest absolute Gasteiger partial charge is 0.276 e. The van der Waals surface area contributed by atoms with Crippen molar-refractivity contribution in [2.24, 2.45) is 5.92 Å². The zero-order valence-electron chi connectivity index (χ0n) is 25.0.